The normalized spacial score (nSPS) is 27.1. The molecule has 3 amide bonds. The summed E-state index contributed by atoms with van der Waals surface area (Å²) in [6, 6.07) is 5.48. The van der Waals surface area contributed by atoms with Crippen LogP contribution in [0.5, 0.6) is 0 Å². The molecule has 0 unspecified atom stereocenters. The van der Waals surface area contributed by atoms with Gasteiger partial charge in [0.25, 0.3) is 0 Å². The minimum atomic E-state index is -1.03. The van der Waals surface area contributed by atoms with Crippen molar-refractivity contribution in [3.8, 4) is 0 Å². The van der Waals surface area contributed by atoms with E-state index in [2.05, 4.69) is 10.2 Å². The van der Waals surface area contributed by atoms with Crippen LogP contribution in [0.4, 0.5) is 5.69 Å². The number of carbonyl (C=O) groups excluding carboxylic acids is 3. The van der Waals surface area contributed by atoms with Gasteiger partial charge in [-0.25, -0.2) is 4.79 Å². The van der Waals surface area contributed by atoms with E-state index in [4.69, 9.17) is 10.8 Å². The van der Waals surface area contributed by atoms with Crippen LogP contribution in [0.3, 0.4) is 0 Å². The Morgan fingerprint density at radius 2 is 1.64 bits per heavy atom. The van der Waals surface area contributed by atoms with Gasteiger partial charge in [-0.05, 0) is 68.8 Å². The van der Waals surface area contributed by atoms with E-state index < -0.39 is 12.0 Å². The van der Waals surface area contributed by atoms with Crippen molar-refractivity contribution in [2.24, 2.45) is 17.6 Å². The highest BCUT2D eigenvalue weighted by atomic mass is 16.4. The highest BCUT2D eigenvalue weighted by Gasteiger charge is 2.44. The summed E-state index contributed by atoms with van der Waals surface area (Å²) >= 11 is 0. The van der Waals surface area contributed by atoms with Gasteiger partial charge in [0.05, 0.1) is 5.56 Å². The lowest BCUT2D eigenvalue weighted by Crippen LogP contribution is -2.52. The van der Waals surface area contributed by atoms with E-state index in [9.17, 15) is 19.2 Å². The summed E-state index contributed by atoms with van der Waals surface area (Å²) in [5.74, 6) is -0.810. The topological polar surface area (TPSA) is 136 Å². The molecule has 1 aliphatic carbocycles. The fraction of sp³-hybridized carbons (Fsp3) is 0.615. The molecule has 196 valence electrons. The van der Waals surface area contributed by atoms with Gasteiger partial charge in [-0.15, -0.1) is 0 Å². The SMILES string of the molecule is CC(=O)N1CCN([C@H]2C[C@@H](C(=O)Nc3ccc(C(=O)O)cc3)N(C(=O)[C@H]3CC[C@H](CN)CC3)C2)CC1. The van der Waals surface area contributed by atoms with E-state index in [0.29, 0.717) is 44.2 Å². The second-order valence-electron chi connectivity index (χ2n) is 10.3. The molecule has 10 nitrogen and oxygen atoms in total. The number of aromatic carboxylic acids is 1. The number of anilines is 1. The van der Waals surface area contributed by atoms with Crippen LogP contribution in [-0.4, -0.2) is 94.8 Å². The van der Waals surface area contributed by atoms with Crippen LogP contribution >= 0.6 is 0 Å². The predicted octanol–water partition coefficient (Wildman–Crippen LogP) is 1.22. The molecule has 2 heterocycles. The number of nitrogens with zero attached hydrogens (tertiary/aromatic N) is 3. The average Bonchev–Trinajstić information content (AvgIpc) is 3.34. The highest BCUT2D eigenvalue weighted by Crippen LogP contribution is 2.33. The van der Waals surface area contributed by atoms with Gasteiger partial charge < -0.3 is 26.0 Å². The quantitative estimate of drug-likeness (QED) is 0.535. The van der Waals surface area contributed by atoms with Crippen molar-refractivity contribution in [2.75, 3.05) is 44.6 Å². The summed E-state index contributed by atoms with van der Waals surface area (Å²) in [4.78, 5) is 55.8. The third-order valence-electron chi connectivity index (χ3n) is 8.07. The number of nitrogens with one attached hydrogen (secondary N) is 1. The second-order valence-corrected chi connectivity index (χ2v) is 10.3. The Kier molecular flexibility index (Phi) is 8.25. The third-order valence-corrected chi connectivity index (χ3v) is 8.07. The first kappa shape index (κ1) is 26.1. The van der Waals surface area contributed by atoms with Gasteiger partial charge in [-0.1, -0.05) is 0 Å². The van der Waals surface area contributed by atoms with Gasteiger partial charge in [0, 0.05) is 57.3 Å². The van der Waals surface area contributed by atoms with Crippen LogP contribution in [0.25, 0.3) is 0 Å². The highest BCUT2D eigenvalue weighted by molar-refractivity contribution is 5.98. The van der Waals surface area contributed by atoms with E-state index >= 15 is 0 Å². The summed E-state index contributed by atoms with van der Waals surface area (Å²) in [7, 11) is 0. The molecule has 4 rings (SSSR count). The predicted molar refractivity (Wildman–Crippen MR) is 134 cm³/mol. The number of hydrogen-bond donors (Lipinski definition) is 3. The van der Waals surface area contributed by atoms with Crippen LogP contribution in [0, 0.1) is 11.8 Å². The van der Waals surface area contributed by atoms with Crippen molar-refractivity contribution < 1.29 is 24.3 Å². The fourth-order valence-corrected chi connectivity index (χ4v) is 5.77. The fourth-order valence-electron chi connectivity index (χ4n) is 5.77. The van der Waals surface area contributed by atoms with Crippen LogP contribution < -0.4 is 11.1 Å². The van der Waals surface area contributed by atoms with Crippen LogP contribution in [0.1, 0.15) is 49.4 Å². The zero-order chi connectivity index (χ0) is 25.8. The zero-order valence-corrected chi connectivity index (χ0v) is 20.9. The molecule has 1 aromatic rings. The van der Waals surface area contributed by atoms with Crippen molar-refractivity contribution >= 4 is 29.4 Å². The van der Waals surface area contributed by atoms with Crippen molar-refractivity contribution in [1.82, 2.24) is 14.7 Å². The largest absolute Gasteiger partial charge is 0.478 e. The van der Waals surface area contributed by atoms with Gasteiger partial charge >= 0.3 is 5.97 Å². The van der Waals surface area contributed by atoms with E-state index in [-0.39, 0.29) is 35.2 Å². The first-order chi connectivity index (χ1) is 17.3. The number of piperazine rings is 1. The zero-order valence-electron chi connectivity index (χ0n) is 20.9. The van der Waals surface area contributed by atoms with Gasteiger partial charge in [-0.2, -0.15) is 0 Å². The number of rotatable bonds is 6. The molecule has 2 aliphatic heterocycles. The Labute approximate surface area is 211 Å². The first-order valence-corrected chi connectivity index (χ1v) is 12.9. The molecule has 3 aliphatic rings. The van der Waals surface area contributed by atoms with Crippen LogP contribution in [0.15, 0.2) is 24.3 Å². The Morgan fingerprint density at radius 1 is 1.00 bits per heavy atom. The lowest BCUT2D eigenvalue weighted by atomic mass is 9.81. The molecule has 2 saturated heterocycles. The number of benzene rings is 1. The molecular formula is C26H37N5O5. The Hall–Kier alpha value is -2.98. The van der Waals surface area contributed by atoms with E-state index in [1.807, 2.05) is 4.90 Å². The van der Waals surface area contributed by atoms with Crippen molar-refractivity contribution in [3.05, 3.63) is 29.8 Å². The Bertz CT molecular complexity index is 967. The second kappa shape index (κ2) is 11.4. The number of nitrogens with two attached hydrogens (primary N) is 1. The van der Waals surface area contributed by atoms with E-state index in [0.717, 1.165) is 38.8 Å². The van der Waals surface area contributed by atoms with Gasteiger partial charge in [0.2, 0.25) is 17.7 Å². The van der Waals surface area contributed by atoms with Crippen molar-refractivity contribution in [3.63, 3.8) is 0 Å². The summed E-state index contributed by atoms with van der Waals surface area (Å²) in [6.07, 6.45) is 3.99. The summed E-state index contributed by atoms with van der Waals surface area (Å²) in [6.45, 7) is 5.45. The molecule has 3 fully saturated rings. The standard InChI is InChI=1S/C26H37N5O5/c1-17(32)29-10-12-30(13-11-29)22-14-23(24(33)28-21-8-6-20(7-9-21)26(35)36)31(16-22)25(34)19-4-2-18(15-27)3-5-19/h6-9,18-19,22-23H,2-5,10-16,27H2,1H3,(H,28,33)(H,35,36)/t18-,19-,22-,23-/m0/s1. The minimum Gasteiger partial charge on any atom is -0.478 e. The maximum Gasteiger partial charge on any atom is 0.335 e. The molecule has 2 atom stereocenters. The maximum atomic E-state index is 13.6. The summed E-state index contributed by atoms with van der Waals surface area (Å²) in [5, 5.41) is 12.0. The number of carboxylic acids is 1. The van der Waals surface area contributed by atoms with Gasteiger partial charge in [0.15, 0.2) is 0 Å². The summed E-state index contributed by atoms with van der Waals surface area (Å²) < 4.78 is 0. The molecule has 0 aromatic heterocycles. The molecule has 1 aromatic carbocycles. The van der Waals surface area contributed by atoms with E-state index in [1.165, 1.54) is 12.1 Å². The molecule has 4 N–H and O–H groups in total. The first-order valence-electron chi connectivity index (χ1n) is 12.9. The number of hydrogen-bond acceptors (Lipinski definition) is 6. The molecule has 0 radical (unpaired) electrons. The average molecular weight is 500 g/mol. The van der Waals surface area contributed by atoms with Crippen molar-refractivity contribution in [2.45, 2.75) is 51.1 Å². The molecule has 36 heavy (non-hydrogen) atoms. The lowest BCUT2D eigenvalue weighted by Gasteiger charge is -2.37. The van der Waals surface area contributed by atoms with Crippen LogP contribution in [-0.2, 0) is 14.4 Å². The molecule has 0 bridgehead atoms. The Balaban J connectivity index is 1.47. The maximum absolute atomic E-state index is 13.6. The van der Waals surface area contributed by atoms with Crippen LogP contribution in [0.2, 0.25) is 0 Å². The van der Waals surface area contributed by atoms with Crippen molar-refractivity contribution in [1.29, 1.82) is 0 Å². The summed E-state index contributed by atoms with van der Waals surface area (Å²) in [5.41, 5.74) is 6.47. The number of amides is 3. The minimum absolute atomic E-state index is 0.0386. The lowest BCUT2D eigenvalue weighted by molar-refractivity contribution is -0.141. The van der Waals surface area contributed by atoms with E-state index in [1.54, 1.807) is 24.0 Å². The molecule has 10 heteroatoms. The molecular weight excluding hydrogens is 462 g/mol. The third kappa shape index (κ3) is 5.87. The number of carboxylic acid groups (broad SMARTS) is 1. The monoisotopic (exact) mass is 499 g/mol. The number of carbonyl (C=O) groups is 4. The molecule has 0 spiro atoms. The number of likely N-dealkylation sites (tertiary alicyclic amines) is 1. The van der Waals surface area contributed by atoms with Gasteiger partial charge in [-0.3, -0.25) is 19.3 Å². The Morgan fingerprint density at radius 3 is 2.19 bits per heavy atom. The molecule has 1 saturated carbocycles. The smallest absolute Gasteiger partial charge is 0.335 e. The van der Waals surface area contributed by atoms with Gasteiger partial charge in [0.1, 0.15) is 6.04 Å².